The Labute approximate surface area is 200 Å². The zero-order valence-corrected chi connectivity index (χ0v) is 19.4. The van der Waals surface area contributed by atoms with Gasteiger partial charge in [-0.2, -0.15) is 0 Å². The lowest BCUT2D eigenvalue weighted by molar-refractivity contribution is 0.313. The number of halogens is 2. The number of aromatic nitrogens is 4. The Hall–Kier alpha value is -3.20. The first-order valence-electron chi connectivity index (χ1n) is 10.5. The fourth-order valence-corrected chi connectivity index (χ4v) is 4.39. The second kappa shape index (κ2) is 8.97. The van der Waals surface area contributed by atoms with Crippen molar-refractivity contribution in [2.45, 2.75) is 0 Å². The van der Waals surface area contributed by atoms with E-state index in [1.807, 2.05) is 18.3 Å². The Morgan fingerprint density at radius 3 is 2.33 bits per heavy atom. The molecule has 0 amide bonds. The molecule has 8 nitrogen and oxygen atoms in total. The predicted octanol–water partition coefficient (Wildman–Crippen LogP) is 3.98. The molecule has 33 heavy (non-hydrogen) atoms. The fraction of sp³-hybridized carbons (Fsp3) is 0.217. The van der Waals surface area contributed by atoms with Crippen LogP contribution in [0.25, 0.3) is 16.6 Å². The summed E-state index contributed by atoms with van der Waals surface area (Å²) < 4.78 is 1.33. The minimum atomic E-state index is -0.302. The second-order valence-electron chi connectivity index (χ2n) is 7.89. The molecule has 4 heterocycles. The molecule has 0 saturated carbocycles. The van der Waals surface area contributed by atoms with Gasteiger partial charge in [-0.15, -0.1) is 0 Å². The van der Waals surface area contributed by atoms with Crippen LogP contribution in [-0.2, 0) is 0 Å². The molecule has 0 radical (unpaired) electrons. The van der Waals surface area contributed by atoms with Crippen LogP contribution < -0.4 is 15.8 Å². The molecule has 4 aromatic rings. The van der Waals surface area contributed by atoms with Gasteiger partial charge in [-0.1, -0.05) is 29.3 Å². The first kappa shape index (κ1) is 21.6. The molecule has 1 aromatic carbocycles. The molecule has 0 spiro atoms. The van der Waals surface area contributed by atoms with Crippen molar-refractivity contribution in [3.8, 4) is 5.69 Å². The SMILES string of the molecule is CN1CCN(c2ccc(Nc3cc4ncn(-c5c(Cl)cccc5Cl)c(=O)c4cn3)nc2)CC1. The standard InChI is InChI=1S/C23H21Cl2N7O/c1-30-7-9-31(10-8-30)15-5-6-20(26-12-15)29-21-11-19-16(13-27-21)23(33)32(14-28-19)22-17(24)3-2-4-18(22)25/h2-6,11-14H,7-10H2,1H3,(H,26,27,29). The Kier molecular flexibility index (Phi) is 5.88. The van der Waals surface area contributed by atoms with Crippen LogP contribution in [0.5, 0.6) is 0 Å². The maximum Gasteiger partial charge on any atom is 0.267 e. The van der Waals surface area contributed by atoms with Crippen LogP contribution in [0.3, 0.4) is 0 Å². The Bertz CT molecular complexity index is 1350. The quantitative estimate of drug-likeness (QED) is 0.472. The smallest absolute Gasteiger partial charge is 0.267 e. The van der Waals surface area contributed by atoms with Crippen LogP contribution in [0, 0.1) is 0 Å². The molecule has 0 atom stereocenters. The Morgan fingerprint density at radius 2 is 1.64 bits per heavy atom. The number of hydrogen-bond donors (Lipinski definition) is 1. The van der Waals surface area contributed by atoms with Gasteiger partial charge in [0.2, 0.25) is 0 Å². The monoisotopic (exact) mass is 481 g/mol. The number of piperazine rings is 1. The van der Waals surface area contributed by atoms with Crippen LogP contribution in [-0.4, -0.2) is 57.6 Å². The highest BCUT2D eigenvalue weighted by molar-refractivity contribution is 6.37. The minimum Gasteiger partial charge on any atom is -0.368 e. The molecule has 1 aliphatic rings. The number of pyridine rings is 2. The van der Waals surface area contributed by atoms with E-state index in [9.17, 15) is 4.79 Å². The van der Waals surface area contributed by atoms with Crippen molar-refractivity contribution in [1.82, 2.24) is 24.4 Å². The summed E-state index contributed by atoms with van der Waals surface area (Å²) in [5.74, 6) is 1.21. The van der Waals surface area contributed by atoms with E-state index < -0.39 is 0 Å². The average Bonchev–Trinajstić information content (AvgIpc) is 2.81. The van der Waals surface area contributed by atoms with E-state index in [0.717, 1.165) is 31.9 Å². The molecule has 1 fully saturated rings. The van der Waals surface area contributed by atoms with Gasteiger partial charge in [-0.3, -0.25) is 9.36 Å². The van der Waals surface area contributed by atoms with Crippen molar-refractivity contribution >= 4 is 51.4 Å². The second-order valence-corrected chi connectivity index (χ2v) is 8.71. The molecule has 5 rings (SSSR count). The lowest BCUT2D eigenvalue weighted by atomic mass is 10.2. The van der Waals surface area contributed by atoms with Gasteiger partial charge in [0, 0.05) is 38.4 Å². The topological polar surface area (TPSA) is 79.2 Å². The summed E-state index contributed by atoms with van der Waals surface area (Å²) in [6, 6.07) is 10.7. The molecular formula is C23H21Cl2N7O. The molecule has 168 valence electrons. The zero-order valence-electron chi connectivity index (χ0n) is 17.9. The van der Waals surface area contributed by atoms with Gasteiger partial charge in [-0.05, 0) is 31.3 Å². The van der Waals surface area contributed by atoms with Crippen molar-refractivity contribution in [2.75, 3.05) is 43.4 Å². The molecule has 0 bridgehead atoms. The van der Waals surface area contributed by atoms with E-state index >= 15 is 0 Å². The van der Waals surface area contributed by atoms with Crippen molar-refractivity contribution in [3.05, 3.63) is 75.5 Å². The largest absolute Gasteiger partial charge is 0.368 e. The maximum absolute atomic E-state index is 13.0. The molecule has 3 aromatic heterocycles. The van der Waals surface area contributed by atoms with E-state index in [1.165, 1.54) is 17.1 Å². The molecule has 1 N–H and O–H groups in total. The lowest BCUT2D eigenvalue weighted by Gasteiger charge is -2.33. The Morgan fingerprint density at radius 1 is 0.909 bits per heavy atom. The number of benzene rings is 1. The summed E-state index contributed by atoms with van der Waals surface area (Å²) in [5, 5.41) is 4.26. The summed E-state index contributed by atoms with van der Waals surface area (Å²) in [4.78, 5) is 31.0. The molecular weight excluding hydrogens is 461 g/mol. The predicted molar refractivity (Wildman–Crippen MR) is 132 cm³/mol. The highest BCUT2D eigenvalue weighted by Gasteiger charge is 2.15. The Balaban J connectivity index is 1.38. The van der Waals surface area contributed by atoms with Gasteiger partial charge in [0.15, 0.2) is 0 Å². The molecule has 1 saturated heterocycles. The van der Waals surface area contributed by atoms with Crippen LogP contribution in [0.15, 0.2) is 59.9 Å². The molecule has 1 aliphatic heterocycles. The number of likely N-dealkylation sites (N-methyl/N-ethyl adjacent to an activating group) is 1. The summed E-state index contributed by atoms with van der Waals surface area (Å²) >= 11 is 12.5. The van der Waals surface area contributed by atoms with E-state index in [-0.39, 0.29) is 5.56 Å². The van der Waals surface area contributed by atoms with Gasteiger partial charge in [-0.25, -0.2) is 15.0 Å². The van der Waals surface area contributed by atoms with Crippen LogP contribution in [0.2, 0.25) is 10.0 Å². The summed E-state index contributed by atoms with van der Waals surface area (Å²) in [7, 11) is 2.13. The summed E-state index contributed by atoms with van der Waals surface area (Å²) in [6.45, 7) is 4.05. The highest BCUT2D eigenvalue weighted by Crippen LogP contribution is 2.27. The number of fused-ring (bicyclic) bond motifs is 1. The third-order valence-corrected chi connectivity index (χ3v) is 6.30. The molecule has 10 heteroatoms. The normalized spacial score (nSPS) is 14.6. The maximum atomic E-state index is 13.0. The van der Waals surface area contributed by atoms with Gasteiger partial charge in [0.05, 0.1) is 38.5 Å². The summed E-state index contributed by atoms with van der Waals surface area (Å²) in [6.07, 6.45) is 4.77. The average molecular weight is 482 g/mol. The number of nitrogens with one attached hydrogen (secondary N) is 1. The van der Waals surface area contributed by atoms with E-state index in [2.05, 4.69) is 37.1 Å². The van der Waals surface area contributed by atoms with Crippen molar-refractivity contribution in [2.24, 2.45) is 0 Å². The van der Waals surface area contributed by atoms with Gasteiger partial charge in [0.25, 0.3) is 5.56 Å². The van der Waals surface area contributed by atoms with Crippen LogP contribution >= 0.6 is 23.2 Å². The number of nitrogens with zero attached hydrogens (tertiary/aromatic N) is 6. The third-order valence-electron chi connectivity index (χ3n) is 5.69. The third kappa shape index (κ3) is 4.37. The summed E-state index contributed by atoms with van der Waals surface area (Å²) in [5.41, 5.74) is 1.70. The van der Waals surface area contributed by atoms with E-state index in [4.69, 9.17) is 23.2 Å². The number of para-hydroxylation sites is 1. The fourth-order valence-electron chi connectivity index (χ4n) is 3.81. The first-order valence-corrected chi connectivity index (χ1v) is 11.2. The van der Waals surface area contributed by atoms with Gasteiger partial charge in [0.1, 0.15) is 18.0 Å². The highest BCUT2D eigenvalue weighted by atomic mass is 35.5. The number of hydrogen-bond acceptors (Lipinski definition) is 7. The first-order chi connectivity index (χ1) is 16.0. The number of rotatable bonds is 4. The van der Waals surface area contributed by atoms with Gasteiger partial charge >= 0.3 is 0 Å². The van der Waals surface area contributed by atoms with Crippen molar-refractivity contribution in [1.29, 1.82) is 0 Å². The minimum absolute atomic E-state index is 0.302. The molecule has 0 aliphatic carbocycles. The number of anilines is 3. The molecule has 0 unspecified atom stereocenters. The van der Waals surface area contributed by atoms with Crippen molar-refractivity contribution in [3.63, 3.8) is 0 Å². The van der Waals surface area contributed by atoms with Crippen molar-refractivity contribution < 1.29 is 0 Å². The van der Waals surface area contributed by atoms with E-state index in [1.54, 1.807) is 24.3 Å². The van der Waals surface area contributed by atoms with Crippen LogP contribution in [0.4, 0.5) is 17.3 Å². The lowest BCUT2D eigenvalue weighted by Crippen LogP contribution is -2.44. The van der Waals surface area contributed by atoms with E-state index in [0.29, 0.717) is 38.3 Å². The van der Waals surface area contributed by atoms with Crippen LogP contribution in [0.1, 0.15) is 0 Å². The van der Waals surface area contributed by atoms with Gasteiger partial charge < -0.3 is 15.1 Å². The zero-order chi connectivity index (χ0) is 22.9.